The molecule has 0 saturated carbocycles. The van der Waals surface area contributed by atoms with Crippen molar-refractivity contribution in [2.75, 3.05) is 46.6 Å². The molecule has 4 nitrogen and oxygen atoms in total. The smallest absolute Gasteiger partial charge is 0.114 e. The van der Waals surface area contributed by atoms with E-state index >= 15 is 0 Å². The Labute approximate surface area is 81.0 Å². The Hall–Kier alpha value is 0.270. The molecule has 1 radical (unpaired) electrons. The number of hydrogen-bond donors (Lipinski definition) is 1. The van der Waals surface area contributed by atoms with Gasteiger partial charge in [-0.2, -0.15) is 0 Å². The van der Waals surface area contributed by atoms with Gasteiger partial charge in [0.15, 0.2) is 0 Å². The Morgan fingerprint density at radius 2 is 1.85 bits per heavy atom. The summed E-state index contributed by atoms with van der Waals surface area (Å²) in [5.74, 6) is 0. The molecule has 0 aliphatic carbocycles. The molecular formula is C8H20N2O2P. The minimum absolute atomic E-state index is 0.662. The molecule has 0 spiro atoms. The van der Waals surface area contributed by atoms with Crippen LogP contribution in [0.1, 0.15) is 6.92 Å². The SMILES string of the molecule is CCOCC[P]1(O)N(C)CCN1C. The van der Waals surface area contributed by atoms with Crippen LogP contribution in [-0.2, 0) is 4.74 Å². The number of likely N-dealkylation sites (N-methyl/N-ethyl adjacent to an activating group) is 2. The minimum atomic E-state index is -1.99. The summed E-state index contributed by atoms with van der Waals surface area (Å²) in [6, 6.07) is 0. The molecule has 1 fully saturated rings. The number of nitrogens with zero attached hydrogens (tertiary/aromatic N) is 2. The topological polar surface area (TPSA) is 35.9 Å². The maximum absolute atomic E-state index is 10.3. The van der Waals surface area contributed by atoms with Crippen LogP contribution in [0.2, 0.25) is 0 Å². The second kappa shape index (κ2) is 4.67. The van der Waals surface area contributed by atoms with Gasteiger partial charge in [0.1, 0.15) is 7.79 Å². The summed E-state index contributed by atoms with van der Waals surface area (Å²) in [7, 11) is 1.99. The van der Waals surface area contributed by atoms with Crippen LogP contribution in [-0.4, -0.2) is 60.8 Å². The van der Waals surface area contributed by atoms with Gasteiger partial charge in [0, 0.05) is 25.9 Å². The van der Waals surface area contributed by atoms with Gasteiger partial charge in [-0.3, -0.25) is 9.34 Å². The van der Waals surface area contributed by atoms with E-state index in [-0.39, 0.29) is 0 Å². The summed E-state index contributed by atoms with van der Waals surface area (Å²) in [5, 5.41) is 0. The average Bonchev–Trinajstić information content (AvgIpc) is 2.35. The molecule has 1 saturated heterocycles. The van der Waals surface area contributed by atoms with E-state index in [4.69, 9.17) is 4.74 Å². The van der Waals surface area contributed by atoms with E-state index < -0.39 is 7.79 Å². The normalized spacial score (nSPS) is 24.0. The molecule has 0 aromatic heterocycles. The van der Waals surface area contributed by atoms with Crippen molar-refractivity contribution < 1.29 is 9.63 Å². The van der Waals surface area contributed by atoms with Gasteiger partial charge in [-0.15, -0.1) is 0 Å². The van der Waals surface area contributed by atoms with Crippen molar-refractivity contribution in [3.63, 3.8) is 0 Å². The molecule has 1 aliphatic heterocycles. The van der Waals surface area contributed by atoms with Gasteiger partial charge >= 0.3 is 0 Å². The number of ether oxygens (including phenoxy) is 1. The molecule has 79 valence electrons. The van der Waals surface area contributed by atoms with Crippen LogP contribution in [0.15, 0.2) is 0 Å². The highest BCUT2D eigenvalue weighted by Crippen LogP contribution is 2.62. The fourth-order valence-electron chi connectivity index (χ4n) is 1.54. The lowest BCUT2D eigenvalue weighted by Gasteiger charge is -2.37. The zero-order valence-corrected chi connectivity index (χ0v) is 9.63. The van der Waals surface area contributed by atoms with Gasteiger partial charge in [-0.1, -0.05) is 0 Å². The third-order valence-corrected chi connectivity index (χ3v) is 5.95. The van der Waals surface area contributed by atoms with Crippen LogP contribution in [0.4, 0.5) is 0 Å². The van der Waals surface area contributed by atoms with Crippen molar-refractivity contribution in [1.82, 2.24) is 9.34 Å². The summed E-state index contributed by atoms with van der Waals surface area (Å²) < 4.78 is 9.42. The molecule has 0 bridgehead atoms. The first-order valence-corrected chi connectivity index (χ1v) is 6.56. The van der Waals surface area contributed by atoms with Gasteiger partial charge in [0.25, 0.3) is 0 Å². The highest BCUT2D eigenvalue weighted by Gasteiger charge is 2.39. The van der Waals surface area contributed by atoms with E-state index in [9.17, 15) is 4.89 Å². The second-order valence-electron chi connectivity index (χ2n) is 3.38. The summed E-state index contributed by atoms with van der Waals surface area (Å²) in [6.07, 6.45) is 0.758. The molecule has 0 aromatic rings. The predicted molar refractivity (Wildman–Crippen MR) is 55.8 cm³/mol. The van der Waals surface area contributed by atoms with Crippen LogP contribution in [0.3, 0.4) is 0 Å². The molecule has 1 heterocycles. The molecule has 0 unspecified atom stereocenters. The summed E-state index contributed by atoms with van der Waals surface area (Å²) >= 11 is 0. The van der Waals surface area contributed by atoms with Crippen molar-refractivity contribution in [3.05, 3.63) is 0 Å². The van der Waals surface area contributed by atoms with Crippen molar-refractivity contribution in [2.45, 2.75) is 6.92 Å². The van der Waals surface area contributed by atoms with Gasteiger partial charge < -0.3 is 9.63 Å². The fraction of sp³-hybridized carbons (Fsp3) is 1.00. The molecule has 13 heavy (non-hydrogen) atoms. The fourth-order valence-corrected chi connectivity index (χ4v) is 3.94. The van der Waals surface area contributed by atoms with Crippen molar-refractivity contribution in [1.29, 1.82) is 0 Å². The Kier molecular flexibility index (Phi) is 4.07. The Balaban J connectivity index is 2.42. The summed E-state index contributed by atoms with van der Waals surface area (Å²) in [4.78, 5) is 10.3. The monoisotopic (exact) mass is 207 g/mol. The molecule has 5 heteroatoms. The van der Waals surface area contributed by atoms with Gasteiger partial charge in [-0.05, 0) is 21.0 Å². The number of rotatable bonds is 4. The van der Waals surface area contributed by atoms with Crippen LogP contribution < -0.4 is 0 Å². The molecular weight excluding hydrogens is 187 g/mol. The van der Waals surface area contributed by atoms with Crippen LogP contribution in [0, 0.1) is 0 Å². The van der Waals surface area contributed by atoms with Gasteiger partial charge in [0.05, 0.1) is 6.61 Å². The van der Waals surface area contributed by atoms with Crippen molar-refractivity contribution in [2.24, 2.45) is 0 Å². The molecule has 0 aromatic carbocycles. The Bertz CT molecular complexity index is 158. The largest absolute Gasteiger partial charge is 0.381 e. The maximum atomic E-state index is 10.3. The van der Waals surface area contributed by atoms with E-state index in [2.05, 4.69) is 9.34 Å². The Morgan fingerprint density at radius 3 is 2.31 bits per heavy atom. The number of hydrogen-bond acceptors (Lipinski definition) is 4. The van der Waals surface area contributed by atoms with Crippen LogP contribution >= 0.6 is 7.79 Å². The maximum Gasteiger partial charge on any atom is 0.114 e. The highest BCUT2D eigenvalue weighted by molar-refractivity contribution is 7.65. The third-order valence-electron chi connectivity index (χ3n) is 2.58. The molecule has 1 N–H and O–H groups in total. The summed E-state index contributed by atoms with van der Waals surface area (Å²) in [6.45, 7) is 5.30. The second-order valence-corrected chi connectivity index (χ2v) is 6.57. The first kappa shape index (κ1) is 11.3. The predicted octanol–water partition coefficient (Wildman–Crippen LogP) is 0.655. The zero-order valence-electron chi connectivity index (χ0n) is 8.73. The molecule has 0 amide bonds. The highest BCUT2D eigenvalue weighted by atomic mass is 31.2. The first-order chi connectivity index (χ1) is 6.11. The quantitative estimate of drug-likeness (QED) is 0.542. The lowest BCUT2D eigenvalue weighted by Crippen LogP contribution is -2.24. The van der Waals surface area contributed by atoms with Crippen molar-refractivity contribution in [3.8, 4) is 0 Å². The van der Waals surface area contributed by atoms with Crippen LogP contribution in [0.25, 0.3) is 0 Å². The molecule has 0 atom stereocenters. The van der Waals surface area contributed by atoms with Crippen LogP contribution in [0.5, 0.6) is 0 Å². The van der Waals surface area contributed by atoms with Gasteiger partial charge in [0.2, 0.25) is 0 Å². The van der Waals surface area contributed by atoms with E-state index in [1.54, 1.807) is 0 Å². The zero-order chi connectivity index (χ0) is 9.90. The Morgan fingerprint density at radius 1 is 1.31 bits per heavy atom. The molecule has 1 rings (SSSR count). The average molecular weight is 207 g/mol. The lowest BCUT2D eigenvalue weighted by molar-refractivity contribution is 0.160. The molecule has 1 aliphatic rings. The first-order valence-electron chi connectivity index (χ1n) is 4.73. The van der Waals surface area contributed by atoms with Crippen molar-refractivity contribution >= 4 is 7.79 Å². The van der Waals surface area contributed by atoms with E-state index in [0.29, 0.717) is 6.61 Å². The van der Waals surface area contributed by atoms with Gasteiger partial charge in [-0.25, -0.2) is 0 Å². The standard InChI is InChI=1S/C8H20N2O2P/c1-4-12-7-8-13(11)9(2)5-6-10(13)3/h11H,4-8H2,1-3H3. The third kappa shape index (κ3) is 2.39. The minimum Gasteiger partial charge on any atom is -0.381 e. The summed E-state index contributed by atoms with van der Waals surface area (Å²) in [5.41, 5.74) is 0. The van der Waals surface area contributed by atoms with E-state index in [0.717, 1.165) is 25.9 Å². The van der Waals surface area contributed by atoms with E-state index in [1.165, 1.54) is 0 Å². The lowest BCUT2D eigenvalue weighted by atomic mass is 10.6. The van der Waals surface area contributed by atoms with E-state index in [1.807, 2.05) is 21.0 Å².